The molecule has 0 bridgehead atoms. The minimum Gasteiger partial charge on any atom is -0.252 e. The second-order valence-corrected chi connectivity index (χ2v) is 5.91. The Bertz CT molecular complexity index is 317. The predicted octanol–water partition coefficient (Wildman–Crippen LogP) is 4.08. The van der Waals surface area contributed by atoms with E-state index in [4.69, 9.17) is 0 Å². The second-order valence-electron chi connectivity index (χ2n) is 5.91. The van der Waals surface area contributed by atoms with E-state index >= 15 is 0 Å². The molecule has 0 aliphatic carbocycles. The van der Waals surface area contributed by atoms with E-state index in [0.717, 1.165) is 30.5 Å². The van der Waals surface area contributed by atoms with Gasteiger partial charge in [0.25, 0.3) is 0 Å². The molecule has 0 aliphatic rings. The van der Waals surface area contributed by atoms with Crippen LogP contribution in [-0.4, -0.2) is 15.0 Å². The summed E-state index contributed by atoms with van der Waals surface area (Å²) in [6, 6.07) is 0. The van der Waals surface area contributed by atoms with Crippen LogP contribution in [0.25, 0.3) is 0 Å². The van der Waals surface area contributed by atoms with Gasteiger partial charge >= 0.3 is 0 Å². The summed E-state index contributed by atoms with van der Waals surface area (Å²) in [5, 5.41) is 8.43. The lowest BCUT2D eigenvalue weighted by atomic mass is 10.0. The van der Waals surface area contributed by atoms with Gasteiger partial charge in [0.15, 0.2) is 0 Å². The molecule has 1 unspecified atom stereocenters. The van der Waals surface area contributed by atoms with Crippen LogP contribution >= 0.6 is 0 Å². The minimum absolute atomic E-state index is 0.741. The third kappa shape index (κ3) is 6.18. The average Bonchev–Trinajstić information content (AvgIpc) is 2.79. The molecule has 3 nitrogen and oxygen atoms in total. The van der Waals surface area contributed by atoms with Crippen molar-refractivity contribution < 1.29 is 0 Å². The van der Waals surface area contributed by atoms with Gasteiger partial charge in [0.1, 0.15) is 0 Å². The van der Waals surface area contributed by atoms with Crippen LogP contribution in [0.15, 0.2) is 6.20 Å². The molecule has 0 aromatic carbocycles. The van der Waals surface area contributed by atoms with E-state index in [1.165, 1.54) is 32.1 Å². The van der Waals surface area contributed by atoms with Crippen LogP contribution in [0.3, 0.4) is 0 Å². The highest BCUT2D eigenvalue weighted by molar-refractivity contribution is 4.92. The highest BCUT2D eigenvalue weighted by atomic mass is 15.4. The van der Waals surface area contributed by atoms with Crippen molar-refractivity contribution >= 4 is 0 Å². The van der Waals surface area contributed by atoms with Gasteiger partial charge in [0, 0.05) is 12.7 Å². The van der Waals surface area contributed by atoms with Crippen molar-refractivity contribution in [1.82, 2.24) is 15.0 Å². The third-order valence-electron chi connectivity index (χ3n) is 3.59. The molecule has 1 atom stereocenters. The van der Waals surface area contributed by atoms with Crippen LogP contribution in [0.4, 0.5) is 0 Å². The molecule has 0 amide bonds. The van der Waals surface area contributed by atoms with E-state index in [1.807, 2.05) is 4.68 Å². The Labute approximate surface area is 112 Å². The molecule has 1 aromatic rings. The average molecular weight is 251 g/mol. The Kier molecular flexibility index (Phi) is 6.99. The summed E-state index contributed by atoms with van der Waals surface area (Å²) in [5.41, 5.74) is 1.14. The quantitative estimate of drug-likeness (QED) is 0.619. The number of aryl methyl sites for hydroxylation is 2. The lowest BCUT2D eigenvalue weighted by Gasteiger charge is -2.07. The minimum atomic E-state index is 0.741. The van der Waals surface area contributed by atoms with Gasteiger partial charge < -0.3 is 0 Å². The van der Waals surface area contributed by atoms with E-state index in [0.29, 0.717) is 0 Å². The molecule has 0 spiro atoms. The molecule has 1 rings (SSSR count). The molecule has 0 saturated heterocycles. The summed E-state index contributed by atoms with van der Waals surface area (Å²) < 4.78 is 2.01. The fourth-order valence-electron chi connectivity index (χ4n) is 1.97. The van der Waals surface area contributed by atoms with Crippen LogP contribution in [0.2, 0.25) is 0 Å². The summed E-state index contributed by atoms with van der Waals surface area (Å²) in [4.78, 5) is 0. The second kappa shape index (κ2) is 8.28. The van der Waals surface area contributed by atoms with E-state index in [1.54, 1.807) is 0 Å². The Morgan fingerprint density at radius 2 is 1.94 bits per heavy atom. The van der Waals surface area contributed by atoms with Crippen LogP contribution in [-0.2, 0) is 13.0 Å². The number of nitrogens with zero attached hydrogens (tertiary/aromatic N) is 3. The molecule has 18 heavy (non-hydrogen) atoms. The van der Waals surface area contributed by atoms with Crippen LogP contribution in [0.1, 0.15) is 65.5 Å². The SMILES string of the molecule is CCC(C)CCCCn1cc(CCC(C)C)nn1. The van der Waals surface area contributed by atoms with E-state index in [-0.39, 0.29) is 0 Å². The van der Waals surface area contributed by atoms with Crippen molar-refractivity contribution in [3.8, 4) is 0 Å². The van der Waals surface area contributed by atoms with Crippen molar-refractivity contribution in [3.05, 3.63) is 11.9 Å². The highest BCUT2D eigenvalue weighted by Gasteiger charge is 2.03. The lowest BCUT2D eigenvalue weighted by Crippen LogP contribution is -2.00. The standard InChI is InChI=1S/C15H29N3/c1-5-14(4)8-6-7-11-18-12-15(16-17-18)10-9-13(2)3/h12-14H,5-11H2,1-4H3. The first kappa shape index (κ1) is 15.2. The van der Waals surface area contributed by atoms with E-state index in [2.05, 4.69) is 44.2 Å². The number of aromatic nitrogens is 3. The molecule has 0 N–H and O–H groups in total. The zero-order valence-corrected chi connectivity index (χ0v) is 12.5. The molecule has 0 fully saturated rings. The molecule has 0 radical (unpaired) electrons. The fourth-order valence-corrected chi connectivity index (χ4v) is 1.97. The first-order chi connectivity index (χ1) is 8.61. The maximum atomic E-state index is 4.23. The molecule has 0 saturated carbocycles. The maximum absolute atomic E-state index is 4.23. The highest BCUT2D eigenvalue weighted by Crippen LogP contribution is 2.12. The summed E-state index contributed by atoms with van der Waals surface area (Å²) in [6.45, 7) is 10.1. The zero-order valence-electron chi connectivity index (χ0n) is 12.5. The van der Waals surface area contributed by atoms with Crippen LogP contribution < -0.4 is 0 Å². The lowest BCUT2D eigenvalue weighted by molar-refractivity contribution is 0.455. The van der Waals surface area contributed by atoms with Gasteiger partial charge in [-0.1, -0.05) is 52.2 Å². The molecule has 0 aliphatic heterocycles. The molecule has 104 valence electrons. The number of unbranched alkanes of at least 4 members (excludes halogenated alkanes) is 1. The number of hydrogen-bond donors (Lipinski definition) is 0. The molecule has 1 heterocycles. The van der Waals surface area contributed by atoms with Gasteiger partial charge in [0.05, 0.1) is 5.69 Å². The maximum Gasteiger partial charge on any atom is 0.0827 e. The Balaban J connectivity index is 2.19. The number of rotatable bonds is 9. The Morgan fingerprint density at radius 1 is 1.17 bits per heavy atom. The first-order valence-corrected chi connectivity index (χ1v) is 7.50. The predicted molar refractivity (Wildman–Crippen MR) is 76.5 cm³/mol. The van der Waals surface area contributed by atoms with Gasteiger partial charge in [-0.15, -0.1) is 5.10 Å². The largest absolute Gasteiger partial charge is 0.252 e. The zero-order chi connectivity index (χ0) is 13.4. The summed E-state index contributed by atoms with van der Waals surface area (Å²) >= 11 is 0. The van der Waals surface area contributed by atoms with Gasteiger partial charge in [0.2, 0.25) is 0 Å². The smallest absolute Gasteiger partial charge is 0.0827 e. The molecule has 3 heteroatoms. The Morgan fingerprint density at radius 3 is 2.61 bits per heavy atom. The molecular formula is C15H29N3. The normalized spacial score (nSPS) is 13.2. The van der Waals surface area contributed by atoms with Crippen molar-refractivity contribution in [2.45, 2.75) is 72.8 Å². The summed E-state index contributed by atoms with van der Waals surface area (Å²) in [5.74, 6) is 1.60. The topological polar surface area (TPSA) is 30.7 Å². The first-order valence-electron chi connectivity index (χ1n) is 7.50. The van der Waals surface area contributed by atoms with E-state index < -0.39 is 0 Å². The molecule has 1 aromatic heterocycles. The monoisotopic (exact) mass is 251 g/mol. The van der Waals surface area contributed by atoms with Gasteiger partial charge in [-0.25, -0.2) is 0 Å². The van der Waals surface area contributed by atoms with Crippen molar-refractivity contribution in [3.63, 3.8) is 0 Å². The summed E-state index contributed by atoms with van der Waals surface area (Å²) in [7, 11) is 0. The number of hydrogen-bond acceptors (Lipinski definition) is 2. The van der Waals surface area contributed by atoms with E-state index in [9.17, 15) is 0 Å². The van der Waals surface area contributed by atoms with Crippen LogP contribution in [0.5, 0.6) is 0 Å². The van der Waals surface area contributed by atoms with Gasteiger partial charge in [-0.05, 0) is 31.1 Å². The van der Waals surface area contributed by atoms with Crippen molar-refractivity contribution in [1.29, 1.82) is 0 Å². The van der Waals surface area contributed by atoms with Crippen molar-refractivity contribution in [2.24, 2.45) is 11.8 Å². The van der Waals surface area contributed by atoms with Gasteiger partial charge in [-0.3, -0.25) is 4.68 Å². The summed E-state index contributed by atoms with van der Waals surface area (Å²) in [6.07, 6.45) is 9.53. The third-order valence-corrected chi connectivity index (χ3v) is 3.59. The fraction of sp³-hybridized carbons (Fsp3) is 0.867. The Hall–Kier alpha value is -0.860. The molecular weight excluding hydrogens is 222 g/mol. The van der Waals surface area contributed by atoms with Gasteiger partial charge in [-0.2, -0.15) is 0 Å². The van der Waals surface area contributed by atoms with Crippen LogP contribution in [0, 0.1) is 11.8 Å². The van der Waals surface area contributed by atoms with Crippen molar-refractivity contribution in [2.75, 3.05) is 0 Å².